The van der Waals surface area contributed by atoms with E-state index in [4.69, 9.17) is 5.11 Å². The summed E-state index contributed by atoms with van der Waals surface area (Å²) in [5.41, 5.74) is 1.32. The third-order valence-electron chi connectivity index (χ3n) is 4.59. The van der Waals surface area contributed by atoms with Gasteiger partial charge in [-0.3, -0.25) is 4.79 Å². The molecule has 142 valence electrons. The largest absolute Gasteiger partial charge is 0.481 e. The number of amides is 2. The summed E-state index contributed by atoms with van der Waals surface area (Å²) in [6.45, 7) is 0.570. The number of carbonyl (C=O) groups excluding carboxylic acids is 1. The van der Waals surface area contributed by atoms with Crippen LogP contribution in [0.25, 0.3) is 0 Å². The van der Waals surface area contributed by atoms with Crippen LogP contribution in [0, 0.1) is 0 Å². The van der Waals surface area contributed by atoms with Gasteiger partial charge < -0.3 is 20.2 Å². The summed E-state index contributed by atoms with van der Waals surface area (Å²) in [7, 11) is 0. The molecule has 1 aromatic rings. The molecule has 26 heavy (non-hydrogen) atoms. The van der Waals surface area contributed by atoms with Crippen LogP contribution in [-0.2, 0) is 17.6 Å². The van der Waals surface area contributed by atoms with Crippen molar-refractivity contribution in [3.8, 4) is 0 Å². The highest BCUT2D eigenvalue weighted by Crippen LogP contribution is 2.26. The van der Waals surface area contributed by atoms with Gasteiger partial charge >= 0.3 is 12.0 Å². The number of pyridine rings is 1. The Morgan fingerprint density at radius 2 is 2.08 bits per heavy atom. The lowest BCUT2D eigenvalue weighted by Crippen LogP contribution is -2.41. The zero-order valence-corrected chi connectivity index (χ0v) is 14.4. The quantitative estimate of drug-likeness (QED) is 0.767. The Balaban J connectivity index is 1.59. The summed E-state index contributed by atoms with van der Waals surface area (Å²) < 4.78 is 28.9. The number of aromatic nitrogens is 1. The smallest absolute Gasteiger partial charge is 0.320 e. The van der Waals surface area contributed by atoms with Crippen molar-refractivity contribution in [2.45, 2.75) is 31.6 Å². The Kier molecular flexibility index (Phi) is 5.24. The highest BCUT2D eigenvalue weighted by molar-refractivity contribution is 5.77. The minimum atomic E-state index is -3.10. The molecule has 1 aromatic heterocycles. The van der Waals surface area contributed by atoms with Crippen LogP contribution in [0.1, 0.15) is 24.1 Å². The van der Waals surface area contributed by atoms with E-state index in [1.807, 2.05) is 6.07 Å². The van der Waals surface area contributed by atoms with Crippen LogP contribution in [0.2, 0.25) is 0 Å². The van der Waals surface area contributed by atoms with E-state index in [2.05, 4.69) is 10.3 Å². The number of aliphatic carboxylic acids is 1. The average Bonchev–Trinajstić information content (AvgIpc) is 2.92. The average molecular weight is 368 g/mol. The number of halogens is 2. The number of hydrogen-bond acceptors (Lipinski definition) is 4. The molecule has 0 aliphatic carbocycles. The molecule has 0 radical (unpaired) electrons. The maximum absolute atomic E-state index is 14.4. The molecule has 1 saturated heterocycles. The molecule has 3 rings (SSSR count). The van der Waals surface area contributed by atoms with Gasteiger partial charge in [0.05, 0.1) is 19.4 Å². The third-order valence-corrected chi connectivity index (χ3v) is 4.59. The number of rotatable bonds is 7. The maximum atomic E-state index is 14.4. The SMILES string of the molecule is O=C(O)CCN1CCN(CC(F)(F)Cc2ccc3c(n2)NCCC3)C1=O. The first-order valence-electron chi connectivity index (χ1n) is 8.70. The molecule has 0 atom stereocenters. The number of urea groups is 1. The molecule has 1 fully saturated rings. The summed E-state index contributed by atoms with van der Waals surface area (Å²) in [4.78, 5) is 29.4. The monoisotopic (exact) mass is 368 g/mol. The zero-order chi connectivity index (χ0) is 18.7. The van der Waals surface area contributed by atoms with Crippen molar-refractivity contribution in [3.63, 3.8) is 0 Å². The standard InChI is InChI=1S/C17H22F2N4O3/c18-17(19,10-13-4-3-12-2-1-6-20-15(12)21-13)11-23-9-8-22(16(23)26)7-5-14(24)25/h3-4H,1-2,5-11H2,(H,20,21)(H,24,25). The van der Waals surface area contributed by atoms with E-state index >= 15 is 0 Å². The molecule has 0 saturated carbocycles. The van der Waals surface area contributed by atoms with Crippen LogP contribution in [0.15, 0.2) is 12.1 Å². The van der Waals surface area contributed by atoms with E-state index in [0.29, 0.717) is 5.82 Å². The Bertz CT molecular complexity index is 699. The number of alkyl halides is 2. The first-order chi connectivity index (χ1) is 12.3. The number of carboxylic acid groups (broad SMARTS) is 1. The first kappa shape index (κ1) is 18.3. The van der Waals surface area contributed by atoms with Crippen molar-refractivity contribution < 1.29 is 23.5 Å². The predicted octanol–water partition coefficient (Wildman–Crippen LogP) is 1.83. The van der Waals surface area contributed by atoms with Crippen molar-refractivity contribution in [1.29, 1.82) is 0 Å². The molecule has 0 bridgehead atoms. The molecular formula is C17H22F2N4O3. The molecule has 2 amide bonds. The van der Waals surface area contributed by atoms with Crippen molar-refractivity contribution >= 4 is 17.8 Å². The molecule has 2 N–H and O–H groups in total. The van der Waals surface area contributed by atoms with Crippen LogP contribution < -0.4 is 5.32 Å². The lowest BCUT2D eigenvalue weighted by molar-refractivity contribution is -0.137. The van der Waals surface area contributed by atoms with Crippen molar-refractivity contribution in [2.75, 3.05) is 38.0 Å². The molecule has 2 aliphatic heterocycles. The lowest BCUT2D eigenvalue weighted by Gasteiger charge is -2.24. The predicted molar refractivity (Wildman–Crippen MR) is 90.5 cm³/mol. The Hall–Kier alpha value is -2.45. The van der Waals surface area contributed by atoms with Gasteiger partial charge in [-0.15, -0.1) is 0 Å². The molecule has 2 aliphatic rings. The van der Waals surface area contributed by atoms with Gasteiger partial charge in [-0.05, 0) is 24.5 Å². The Labute approximate surface area is 150 Å². The normalized spacial score (nSPS) is 17.2. The van der Waals surface area contributed by atoms with E-state index in [-0.39, 0.29) is 31.7 Å². The van der Waals surface area contributed by atoms with E-state index in [1.165, 1.54) is 4.90 Å². The number of anilines is 1. The number of aryl methyl sites for hydroxylation is 1. The van der Waals surface area contributed by atoms with Crippen LogP contribution in [0.4, 0.5) is 19.4 Å². The van der Waals surface area contributed by atoms with Crippen LogP contribution >= 0.6 is 0 Å². The van der Waals surface area contributed by atoms with E-state index in [0.717, 1.165) is 29.8 Å². The minimum absolute atomic E-state index is 0.0360. The number of hydrogen-bond donors (Lipinski definition) is 2. The molecule has 0 aromatic carbocycles. The van der Waals surface area contributed by atoms with Crippen molar-refractivity contribution in [3.05, 3.63) is 23.4 Å². The van der Waals surface area contributed by atoms with Gasteiger partial charge in [0.1, 0.15) is 5.82 Å². The molecule has 3 heterocycles. The summed E-state index contributed by atoms with van der Waals surface area (Å²) in [6.07, 6.45) is 1.16. The van der Waals surface area contributed by atoms with Crippen LogP contribution in [-0.4, -0.2) is 70.5 Å². The van der Waals surface area contributed by atoms with Crippen LogP contribution in [0.3, 0.4) is 0 Å². The van der Waals surface area contributed by atoms with Gasteiger partial charge in [0.2, 0.25) is 0 Å². The number of nitrogens with zero attached hydrogens (tertiary/aromatic N) is 3. The maximum Gasteiger partial charge on any atom is 0.320 e. The van der Waals surface area contributed by atoms with Crippen LogP contribution in [0.5, 0.6) is 0 Å². The summed E-state index contributed by atoms with van der Waals surface area (Å²) in [6, 6.07) is 2.91. The second-order valence-electron chi connectivity index (χ2n) is 6.71. The van der Waals surface area contributed by atoms with Gasteiger partial charge in [-0.2, -0.15) is 0 Å². The first-order valence-corrected chi connectivity index (χ1v) is 8.70. The minimum Gasteiger partial charge on any atom is -0.481 e. The van der Waals surface area contributed by atoms with Gasteiger partial charge in [0.25, 0.3) is 5.92 Å². The highest BCUT2D eigenvalue weighted by Gasteiger charge is 2.38. The topological polar surface area (TPSA) is 85.8 Å². The molecule has 0 spiro atoms. The van der Waals surface area contributed by atoms with E-state index in [9.17, 15) is 18.4 Å². The fourth-order valence-corrected chi connectivity index (χ4v) is 3.28. The summed E-state index contributed by atoms with van der Waals surface area (Å²) in [5, 5.41) is 11.8. The van der Waals surface area contributed by atoms with Crippen molar-refractivity contribution in [2.24, 2.45) is 0 Å². The fraction of sp³-hybridized carbons (Fsp3) is 0.588. The number of nitrogens with one attached hydrogen (secondary N) is 1. The van der Waals surface area contributed by atoms with E-state index in [1.54, 1.807) is 6.07 Å². The third kappa shape index (κ3) is 4.39. The van der Waals surface area contributed by atoms with Gasteiger partial charge in [0, 0.05) is 31.9 Å². The number of carbonyl (C=O) groups is 2. The Morgan fingerprint density at radius 3 is 2.85 bits per heavy atom. The van der Waals surface area contributed by atoms with E-state index < -0.39 is 30.9 Å². The van der Waals surface area contributed by atoms with Gasteiger partial charge in [-0.25, -0.2) is 18.6 Å². The highest BCUT2D eigenvalue weighted by atomic mass is 19.3. The van der Waals surface area contributed by atoms with Gasteiger partial charge in [-0.1, -0.05) is 6.07 Å². The molecule has 9 heteroatoms. The fourth-order valence-electron chi connectivity index (χ4n) is 3.28. The lowest BCUT2D eigenvalue weighted by atomic mass is 10.1. The molecule has 7 nitrogen and oxygen atoms in total. The second-order valence-corrected chi connectivity index (χ2v) is 6.71. The Morgan fingerprint density at radius 1 is 1.31 bits per heavy atom. The summed E-state index contributed by atoms with van der Waals surface area (Å²) >= 11 is 0. The van der Waals surface area contributed by atoms with Crippen molar-refractivity contribution in [1.82, 2.24) is 14.8 Å². The number of carboxylic acids is 1. The number of fused-ring (bicyclic) bond motifs is 1. The molecule has 0 unspecified atom stereocenters. The molecular weight excluding hydrogens is 346 g/mol. The second kappa shape index (κ2) is 7.43. The van der Waals surface area contributed by atoms with Gasteiger partial charge in [0.15, 0.2) is 0 Å². The zero-order valence-electron chi connectivity index (χ0n) is 14.4. The summed E-state index contributed by atoms with van der Waals surface area (Å²) in [5.74, 6) is -3.45.